The van der Waals surface area contributed by atoms with Crippen LogP contribution in [0.25, 0.3) is 0 Å². The molecule has 0 atom stereocenters. The summed E-state index contributed by atoms with van der Waals surface area (Å²) in [6.45, 7) is 6.76. The maximum absolute atomic E-state index is 11.4. The van der Waals surface area contributed by atoms with Crippen LogP contribution in [0.5, 0.6) is 0 Å². The molecule has 0 aliphatic carbocycles. The van der Waals surface area contributed by atoms with Crippen molar-refractivity contribution in [3.8, 4) is 0 Å². The molecule has 0 heterocycles. The zero-order valence-electron chi connectivity index (χ0n) is 12.3. The van der Waals surface area contributed by atoms with E-state index in [0.717, 1.165) is 5.02 Å². The van der Waals surface area contributed by atoms with Crippen molar-refractivity contribution in [3.05, 3.63) is 34.9 Å². The largest absolute Gasteiger partial charge is 0.401 e. The molecule has 0 aliphatic rings. The molecule has 1 nitrogen and oxygen atoms in total. The Labute approximate surface area is 171 Å². The molecule has 0 fully saturated rings. The van der Waals surface area contributed by atoms with Gasteiger partial charge in [-0.05, 0) is 23.6 Å². The van der Waals surface area contributed by atoms with E-state index in [2.05, 4.69) is 25.2 Å². The number of rotatable bonds is 3. The van der Waals surface area contributed by atoms with Gasteiger partial charge in [-0.2, -0.15) is 13.2 Å². The molecule has 0 bridgehead atoms. The van der Waals surface area contributed by atoms with E-state index in [4.69, 9.17) is 11.6 Å². The van der Waals surface area contributed by atoms with E-state index in [1.165, 1.54) is 5.56 Å². The van der Waals surface area contributed by atoms with Crippen molar-refractivity contribution < 1.29 is 45.9 Å². The van der Waals surface area contributed by atoms with Gasteiger partial charge in [0.25, 0.3) is 0 Å². The minimum Gasteiger partial charge on any atom is -0.306 e. The van der Waals surface area contributed by atoms with Crippen molar-refractivity contribution in [1.82, 2.24) is 5.32 Å². The SMILES string of the molecule is C.C.C.CC(C)NCC(F)(F)F.CC(C)c1cccc(Cl)c1.[Y]. The fourth-order valence-corrected chi connectivity index (χ4v) is 1.38. The average Bonchev–Trinajstić information content (AvgIpc) is 2.26. The number of hydrogen-bond donors (Lipinski definition) is 1. The van der Waals surface area contributed by atoms with Crippen molar-refractivity contribution >= 4 is 11.6 Å². The van der Waals surface area contributed by atoms with E-state index in [1.807, 2.05) is 18.2 Å². The molecular weight excluding hydrogens is 400 g/mol. The standard InChI is InChI=1S/C9H11Cl.C5H10F3N.3CH4.Y/c1-7(2)8-4-3-5-9(10)6-8;1-4(2)9-3-5(6,7)8;;;;/h3-7H,1-2H3;4,9H,3H2,1-2H3;3*1H4;. The molecule has 1 N–H and O–H groups in total. The molecule has 0 amide bonds. The van der Waals surface area contributed by atoms with Crippen LogP contribution in [0.4, 0.5) is 13.2 Å². The van der Waals surface area contributed by atoms with Gasteiger partial charge in [0.1, 0.15) is 0 Å². The van der Waals surface area contributed by atoms with Crippen LogP contribution in [0.2, 0.25) is 5.02 Å². The van der Waals surface area contributed by atoms with E-state index in [9.17, 15) is 13.2 Å². The first-order valence-corrected chi connectivity index (χ1v) is 6.55. The predicted molar refractivity (Wildman–Crippen MR) is 94.9 cm³/mol. The zero-order chi connectivity index (χ0) is 15.1. The van der Waals surface area contributed by atoms with Gasteiger partial charge in [0.15, 0.2) is 0 Å². The quantitative estimate of drug-likeness (QED) is 0.547. The first kappa shape index (κ1) is 34.7. The molecular formula is C17H33ClF3NY. The fourth-order valence-electron chi connectivity index (χ4n) is 1.19. The van der Waals surface area contributed by atoms with E-state index in [-0.39, 0.29) is 61.0 Å². The summed E-state index contributed by atoms with van der Waals surface area (Å²) in [5.41, 5.74) is 1.30. The maximum Gasteiger partial charge on any atom is 0.401 e. The molecule has 1 radical (unpaired) electrons. The number of benzene rings is 1. The summed E-state index contributed by atoms with van der Waals surface area (Å²) in [6.07, 6.45) is -4.08. The molecule has 23 heavy (non-hydrogen) atoms. The normalized spacial score (nSPS) is 9.48. The summed E-state index contributed by atoms with van der Waals surface area (Å²) in [6, 6.07) is 7.88. The second kappa shape index (κ2) is 17.2. The van der Waals surface area contributed by atoms with Gasteiger partial charge in [0.2, 0.25) is 0 Å². The summed E-state index contributed by atoms with van der Waals surface area (Å²) in [5.74, 6) is 0.568. The topological polar surface area (TPSA) is 12.0 Å². The number of halogens is 4. The molecule has 0 aliphatic heterocycles. The second-order valence-corrected chi connectivity index (χ2v) is 5.30. The Morgan fingerprint density at radius 2 is 1.52 bits per heavy atom. The molecule has 137 valence electrons. The third-order valence-electron chi connectivity index (χ3n) is 2.23. The van der Waals surface area contributed by atoms with Crippen LogP contribution in [0.1, 0.15) is 61.5 Å². The van der Waals surface area contributed by atoms with Crippen LogP contribution in [0, 0.1) is 0 Å². The molecule has 0 saturated heterocycles. The van der Waals surface area contributed by atoms with Crippen LogP contribution in [0.3, 0.4) is 0 Å². The number of alkyl halides is 3. The second-order valence-electron chi connectivity index (χ2n) is 4.86. The number of nitrogens with one attached hydrogen (secondary N) is 1. The third-order valence-corrected chi connectivity index (χ3v) is 2.46. The van der Waals surface area contributed by atoms with Crippen molar-refractivity contribution in [1.29, 1.82) is 0 Å². The van der Waals surface area contributed by atoms with Crippen LogP contribution in [-0.2, 0) is 32.7 Å². The fraction of sp³-hybridized carbons (Fsp3) is 0.647. The van der Waals surface area contributed by atoms with Crippen LogP contribution in [0.15, 0.2) is 24.3 Å². The molecule has 0 aromatic heterocycles. The Kier molecular flexibility index (Phi) is 25.9. The van der Waals surface area contributed by atoms with Gasteiger partial charge in [0.05, 0.1) is 6.54 Å². The van der Waals surface area contributed by atoms with E-state index >= 15 is 0 Å². The van der Waals surface area contributed by atoms with Crippen molar-refractivity contribution in [3.63, 3.8) is 0 Å². The molecule has 0 saturated carbocycles. The predicted octanol–water partition coefficient (Wildman–Crippen LogP) is 6.92. The smallest absolute Gasteiger partial charge is 0.306 e. The minimum absolute atomic E-state index is 0. The van der Waals surface area contributed by atoms with Gasteiger partial charge in [-0.25, -0.2) is 0 Å². The van der Waals surface area contributed by atoms with Crippen LogP contribution >= 0.6 is 11.6 Å². The average molecular weight is 433 g/mol. The number of hydrogen-bond acceptors (Lipinski definition) is 1. The maximum atomic E-state index is 11.4. The molecule has 6 heteroatoms. The Bertz CT molecular complexity index is 369. The Morgan fingerprint density at radius 1 is 1.04 bits per heavy atom. The monoisotopic (exact) mass is 432 g/mol. The summed E-state index contributed by atoms with van der Waals surface area (Å²) in [7, 11) is 0. The molecule has 1 aromatic rings. The minimum atomic E-state index is -4.08. The summed E-state index contributed by atoms with van der Waals surface area (Å²) in [4.78, 5) is 0. The van der Waals surface area contributed by atoms with Gasteiger partial charge >= 0.3 is 6.18 Å². The summed E-state index contributed by atoms with van der Waals surface area (Å²) in [5, 5.41) is 3.09. The zero-order valence-corrected chi connectivity index (χ0v) is 15.9. The van der Waals surface area contributed by atoms with E-state index < -0.39 is 12.7 Å². The molecule has 0 spiro atoms. The molecule has 1 rings (SSSR count). The van der Waals surface area contributed by atoms with Crippen LogP contribution < -0.4 is 5.32 Å². The van der Waals surface area contributed by atoms with Gasteiger partial charge < -0.3 is 5.32 Å². The summed E-state index contributed by atoms with van der Waals surface area (Å²) >= 11 is 5.79. The first-order valence-electron chi connectivity index (χ1n) is 6.17. The molecule has 0 unspecified atom stereocenters. The van der Waals surface area contributed by atoms with E-state index in [0.29, 0.717) is 5.92 Å². The van der Waals surface area contributed by atoms with E-state index in [1.54, 1.807) is 13.8 Å². The van der Waals surface area contributed by atoms with Gasteiger partial charge in [-0.1, -0.05) is 73.7 Å². The van der Waals surface area contributed by atoms with Crippen LogP contribution in [-0.4, -0.2) is 18.8 Å². The van der Waals surface area contributed by atoms with Gasteiger partial charge in [0, 0.05) is 43.8 Å². The van der Waals surface area contributed by atoms with Gasteiger partial charge in [-0.15, -0.1) is 0 Å². The Hall–Kier alpha value is 0.364. The first-order chi connectivity index (χ1) is 8.61. The third kappa shape index (κ3) is 22.4. The molecule has 1 aromatic carbocycles. The van der Waals surface area contributed by atoms with Crippen molar-refractivity contribution in [2.24, 2.45) is 0 Å². The van der Waals surface area contributed by atoms with Crippen molar-refractivity contribution in [2.75, 3.05) is 6.54 Å². The Balaban J connectivity index is -0.0000000804. The van der Waals surface area contributed by atoms with Crippen molar-refractivity contribution in [2.45, 2.75) is 68.1 Å². The summed E-state index contributed by atoms with van der Waals surface area (Å²) < 4.78 is 34.1. The van der Waals surface area contributed by atoms with Gasteiger partial charge in [-0.3, -0.25) is 0 Å². The Morgan fingerprint density at radius 3 is 1.74 bits per heavy atom.